The van der Waals surface area contributed by atoms with Crippen molar-refractivity contribution in [1.29, 1.82) is 0 Å². The molecule has 2 heterocycles. The van der Waals surface area contributed by atoms with Gasteiger partial charge in [-0.1, -0.05) is 12.1 Å². The fraction of sp³-hybridized carbons (Fsp3) is 0.333. The summed E-state index contributed by atoms with van der Waals surface area (Å²) in [5.41, 5.74) is 3.49. The van der Waals surface area contributed by atoms with Gasteiger partial charge in [0.05, 0.1) is 0 Å². The maximum atomic E-state index is 12.8. The summed E-state index contributed by atoms with van der Waals surface area (Å²) < 4.78 is 12.8. The van der Waals surface area contributed by atoms with Gasteiger partial charge in [0.1, 0.15) is 11.6 Å². The van der Waals surface area contributed by atoms with Crippen LogP contribution in [0.15, 0.2) is 30.5 Å². The second kappa shape index (κ2) is 5.45. The van der Waals surface area contributed by atoms with Crippen LogP contribution in [0.1, 0.15) is 22.6 Å². The van der Waals surface area contributed by atoms with Crippen molar-refractivity contribution in [2.75, 3.05) is 6.54 Å². The second-order valence-corrected chi connectivity index (χ2v) is 4.81. The van der Waals surface area contributed by atoms with E-state index in [9.17, 15) is 4.39 Å². The van der Waals surface area contributed by atoms with Gasteiger partial charge in [-0.15, -0.1) is 0 Å². The minimum Gasteiger partial charge on any atom is -0.312 e. The Hall–Kier alpha value is -1.81. The van der Waals surface area contributed by atoms with E-state index in [2.05, 4.69) is 15.3 Å². The Morgan fingerprint density at radius 3 is 2.84 bits per heavy atom. The van der Waals surface area contributed by atoms with Crippen LogP contribution in [0.3, 0.4) is 0 Å². The van der Waals surface area contributed by atoms with Gasteiger partial charge in [-0.3, -0.25) is 0 Å². The molecule has 4 heteroatoms. The molecule has 0 spiro atoms. The van der Waals surface area contributed by atoms with Gasteiger partial charge >= 0.3 is 0 Å². The molecular weight excluding hydrogens is 241 g/mol. The van der Waals surface area contributed by atoms with Gasteiger partial charge in [0.15, 0.2) is 0 Å². The van der Waals surface area contributed by atoms with Crippen molar-refractivity contribution in [2.45, 2.75) is 25.8 Å². The van der Waals surface area contributed by atoms with E-state index in [1.54, 1.807) is 0 Å². The highest BCUT2D eigenvalue weighted by Crippen LogP contribution is 2.11. The number of halogens is 1. The third kappa shape index (κ3) is 2.96. The molecule has 2 aromatic rings. The average molecular weight is 257 g/mol. The molecule has 0 amide bonds. The molecule has 1 aromatic carbocycles. The topological polar surface area (TPSA) is 37.8 Å². The normalized spacial score (nSPS) is 14.2. The predicted octanol–water partition coefficient (Wildman–Crippen LogP) is 2.05. The molecule has 1 N–H and O–H groups in total. The van der Waals surface area contributed by atoms with Crippen LogP contribution in [0.5, 0.6) is 0 Å². The number of benzene rings is 1. The number of aromatic nitrogens is 2. The lowest BCUT2D eigenvalue weighted by Crippen LogP contribution is -2.25. The van der Waals surface area contributed by atoms with Crippen molar-refractivity contribution in [3.63, 3.8) is 0 Å². The zero-order chi connectivity index (χ0) is 13.1. The van der Waals surface area contributed by atoms with E-state index in [0.29, 0.717) is 0 Å². The summed E-state index contributed by atoms with van der Waals surface area (Å²) >= 11 is 0. The minimum absolute atomic E-state index is 0.193. The van der Waals surface area contributed by atoms with Crippen molar-refractivity contribution < 1.29 is 4.39 Å². The van der Waals surface area contributed by atoms with Crippen LogP contribution < -0.4 is 5.32 Å². The molecule has 0 radical (unpaired) electrons. The molecule has 19 heavy (non-hydrogen) atoms. The Bertz CT molecular complexity index is 566. The molecular formula is C15H16FN3. The molecule has 0 unspecified atom stereocenters. The van der Waals surface area contributed by atoms with Crippen molar-refractivity contribution >= 4 is 0 Å². The smallest absolute Gasteiger partial charge is 0.128 e. The standard InChI is InChI=1S/C15H16FN3/c16-13-4-1-11(2-5-13)3-6-15-18-10-12-9-17-8-7-14(12)19-15/h1-2,4-5,10,17H,3,6-9H2. The number of fused-ring (bicyclic) bond motifs is 1. The first-order valence-corrected chi connectivity index (χ1v) is 6.60. The molecule has 3 nitrogen and oxygen atoms in total. The van der Waals surface area contributed by atoms with Gasteiger partial charge in [0.2, 0.25) is 0 Å². The van der Waals surface area contributed by atoms with Gasteiger partial charge in [-0.25, -0.2) is 14.4 Å². The largest absolute Gasteiger partial charge is 0.312 e. The fourth-order valence-corrected chi connectivity index (χ4v) is 2.31. The van der Waals surface area contributed by atoms with Crippen molar-refractivity contribution in [1.82, 2.24) is 15.3 Å². The molecule has 1 aromatic heterocycles. The van der Waals surface area contributed by atoms with Crippen LogP contribution in [0, 0.1) is 5.82 Å². The monoisotopic (exact) mass is 257 g/mol. The predicted molar refractivity (Wildman–Crippen MR) is 71.3 cm³/mol. The van der Waals surface area contributed by atoms with E-state index < -0.39 is 0 Å². The molecule has 98 valence electrons. The molecule has 1 aliphatic heterocycles. The lowest BCUT2D eigenvalue weighted by atomic mass is 10.1. The molecule has 0 fully saturated rings. The third-order valence-electron chi connectivity index (χ3n) is 3.41. The summed E-state index contributed by atoms with van der Waals surface area (Å²) in [5, 5.41) is 3.31. The van der Waals surface area contributed by atoms with Crippen molar-refractivity contribution in [3.05, 3.63) is 58.9 Å². The number of nitrogens with zero attached hydrogens (tertiary/aromatic N) is 2. The Morgan fingerprint density at radius 2 is 2.00 bits per heavy atom. The third-order valence-corrected chi connectivity index (χ3v) is 3.41. The van der Waals surface area contributed by atoms with Crippen LogP contribution in [0.25, 0.3) is 0 Å². The summed E-state index contributed by atoms with van der Waals surface area (Å²) in [6.07, 6.45) is 4.54. The number of aryl methyl sites for hydroxylation is 2. The highest BCUT2D eigenvalue weighted by atomic mass is 19.1. The summed E-state index contributed by atoms with van der Waals surface area (Å²) in [5.74, 6) is 0.686. The average Bonchev–Trinajstić information content (AvgIpc) is 2.46. The van der Waals surface area contributed by atoms with Gasteiger partial charge in [-0.2, -0.15) is 0 Å². The lowest BCUT2D eigenvalue weighted by Gasteiger charge is -2.16. The molecule has 1 aliphatic rings. The minimum atomic E-state index is -0.193. The van der Waals surface area contributed by atoms with Gasteiger partial charge < -0.3 is 5.32 Å². The second-order valence-electron chi connectivity index (χ2n) is 4.81. The Balaban J connectivity index is 1.68. The van der Waals surface area contributed by atoms with Crippen LogP contribution in [-0.2, 0) is 25.8 Å². The van der Waals surface area contributed by atoms with Gasteiger partial charge in [-0.05, 0) is 24.1 Å². The van der Waals surface area contributed by atoms with Crippen LogP contribution in [-0.4, -0.2) is 16.5 Å². The summed E-state index contributed by atoms with van der Waals surface area (Å²) in [7, 11) is 0. The SMILES string of the molecule is Fc1ccc(CCc2ncc3c(n2)CCNC3)cc1. The van der Waals surface area contributed by atoms with E-state index in [4.69, 9.17) is 0 Å². The molecule has 0 aliphatic carbocycles. The van der Waals surface area contributed by atoms with E-state index in [0.717, 1.165) is 43.7 Å². The maximum absolute atomic E-state index is 12.8. The lowest BCUT2D eigenvalue weighted by molar-refractivity contribution is 0.618. The fourth-order valence-electron chi connectivity index (χ4n) is 2.31. The zero-order valence-corrected chi connectivity index (χ0v) is 10.7. The van der Waals surface area contributed by atoms with Crippen LogP contribution in [0.4, 0.5) is 4.39 Å². The van der Waals surface area contributed by atoms with Gasteiger partial charge in [0, 0.05) is 43.4 Å². The van der Waals surface area contributed by atoms with Crippen molar-refractivity contribution in [3.8, 4) is 0 Å². The number of hydrogen-bond donors (Lipinski definition) is 1. The number of hydrogen-bond acceptors (Lipinski definition) is 3. The number of rotatable bonds is 3. The summed E-state index contributed by atoms with van der Waals surface area (Å²) in [4.78, 5) is 9.02. The van der Waals surface area contributed by atoms with Crippen LogP contribution >= 0.6 is 0 Å². The highest BCUT2D eigenvalue weighted by Gasteiger charge is 2.11. The van der Waals surface area contributed by atoms with E-state index in [1.165, 1.54) is 23.4 Å². The Kier molecular flexibility index (Phi) is 3.51. The van der Waals surface area contributed by atoms with Crippen molar-refractivity contribution in [2.24, 2.45) is 0 Å². The molecule has 0 atom stereocenters. The first-order chi connectivity index (χ1) is 9.31. The number of nitrogens with one attached hydrogen (secondary N) is 1. The zero-order valence-electron chi connectivity index (χ0n) is 10.7. The highest BCUT2D eigenvalue weighted by molar-refractivity contribution is 5.21. The quantitative estimate of drug-likeness (QED) is 0.914. The molecule has 0 bridgehead atoms. The Morgan fingerprint density at radius 1 is 1.16 bits per heavy atom. The molecule has 3 rings (SSSR count). The van der Waals surface area contributed by atoms with E-state index in [1.807, 2.05) is 18.3 Å². The summed E-state index contributed by atoms with van der Waals surface area (Å²) in [6, 6.07) is 6.62. The Labute approximate surface area is 111 Å². The van der Waals surface area contributed by atoms with Crippen LogP contribution in [0.2, 0.25) is 0 Å². The first kappa shape index (κ1) is 12.2. The summed E-state index contributed by atoms with van der Waals surface area (Å²) in [6.45, 7) is 1.86. The van der Waals surface area contributed by atoms with E-state index >= 15 is 0 Å². The van der Waals surface area contributed by atoms with Gasteiger partial charge in [0.25, 0.3) is 0 Å². The molecule has 0 saturated heterocycles. The molecule has 0 saturated carbocycles. The first-order valence-electron chi connectivity index (χ1n) is 6.60. The van der Waals surface area contributed by atoms with E-state index in [-0.39, 0.29) is 5.82 Å². The maximum Gasteiger partial charge on any atom is 0.128 e.